The van der Waals surface area contributed by atoms with E-state index < -0.39 is 59.8 Å². The summed E-state index contributed by atoms with van der Waals surface area (Å²) in [5.41, 5.74) is -1.43. The number of hydrogen-bond donors (Lipinski definition) is 4. The van der Waals surface area contributed by atoms with Crippen LogP contribution < -0.4 is 16.0 Å². The Kier molecular flexibility index (Phi) is 13.0. The average molecular weight is 593 g/mol. The minimum absolute atomic E-state index is 0.00586. The van der Waals surface area contributed by atoms with Crippen molar-refractivity contribution in [2.75, 3.05) is 34.0 Å². The third-order valence-electron chi connectivity index (χ3n) is 5.77. The number of nitrogens with one attached hydrogen (secondary N) is 3. The number of carbonyl (C=O) groups is 5. The van der Waals surface area contributed by atoms with Gasteiger partial charge in [0.05, 0.1) is 30.5 Å². The van der Waals surface area contributed by atoms with Crippen molar-refractivity contribution in [2.45, 2.75) is 50.9 Å². The maximum atomic E-state index is 13.3. The minimum atomic E-state index is -2.11. The normalized spacial score (nSPS) is 14.6. The largest absolute Gasteiger partial charge is 0.462 e. The molecular weight excluding hydrogens is 556 g/mol. The van der Waals surface area contributed by atoms with Crippen LogP contribution in [0.1, 0.15) is 34.1 Å². The summed E-state index contributed by atoms with van der Waals surface area (Å²) in [6.45, 7) is 2.98. The number of esters is 1. The molecule has 0 aliphatic carbocycles. The van der Waals surface area contributed by atoms with Crippen molar-refractivity contribution in [3.8, 4) is 0 Å². The molecule has 41 heavy (non-hydrogen) atoms. The lowest BCUT2D eigenvalue weighted by molar-refractivity contribution is -0.156. The highest BCUT2D eigenvalue weighted by Gasteiger charge is 2.39. The van der Waals surface area contributed by atoms with E-state index in [0.717, 1.165) is 18.3 Å². The predicted molar refractivity (Wildman–Crippen MR) is 148 cm³/mol. The van der Waals surface area contributed by atoms with Gasteiger partial charge in [-0.25, -0.2) is 4.98 Å². The van der Waals surface area contributed by atoms with Gasteiger partial charge in [-0.1, -0.05) is 30.3 Å². The predicted octanol–water partition coefficient (Wildman–Crippen LogP) is -0.0618. The van der Waals surface area contributed by atoms with Crippen LogP contribution in [-0.4, -0.2) is 97.3 Å². The first-order valence-corrected chi connectivity index (χ1v) is 13.5. The van der Waals surface area contributed by atoms with E-state index in [2.05, 4.69) is 20.9 Å². The molecule has 3 amide bonds. The summed E-state index contributed by atoms with van der Waals surface area (Å²) in [6.07, 6.45) is 1.39. The van der Waals surface area contributed by atoms with Gasteiger partial charge in [0.25, 0.3) is 5.91 Å². The Morgan fingerprint density at radius 1 is 0.951 bits per heavy atom. The second kappa shape index (κ2) is 15.9. The van der Waals surface area contributed by atoms with Gasteiger partial charge in [0, 0.05) is 21.1 Å². The number of hydrogen-bond acceptors (Lipinski definition) is 11. The second-order valence-corrected chi connectivity index (χ2v) is 10.6. The lowest BCUT2D eigenvalue weighted by atomic mass is 9.91. The summed E-state index contributed by atoms with van der Waals surface area (Å²) in [4.78, 5) is 68.0. The molecule has 0 spiro atoms. The van der Waals surface area contributed by atoms with Gasteiger partial charge in [0.2, 0.25) is 11.8 Å². The summed E-state index contributed by atoms with van der Waals surface area (Å²) in [5, 5.41) is 19.1. The van der Waals surface area contributed by atoms with E-state index in [1.165, 1.54) is 27.3 Å². The Hall–Kier alpha value is -3.72. The van der Waals surface area contributed by atoms with E-state index in [1.807, 2.05) is 0 Å². The van der Waals surface area contributed by atoms with Gasteiger partial charge < -0.3 is 35.3 Å². The molecule has 0 saturated heterocycles. The molecule has 0 aliphatic heterocycles. The van der Waals surface area contributed by atoms with E-state index in [4.69, 9.17) is 14.2 Å². The molecule has 0 saturated carbocycles. The Morgan fingerprint density at radius 3 is 2.02 bits per heavy atom. The van der Waals surface area contributed by atoms with Gasteiger partial charge in [0.1, 0.15) is 23.6 Å². The van der Waals surface area contributed by atoms with E-state index in [0.29, 0.717) is 15.4 Å². The van der Waals surface area contributed by atoms with E-state index in [9.17, 15) is 29.1 Å². The molecule has 14 heteroatoms. The minimum Gasteiger partial charge on any atom is -0.462 e. The monoisotopic (exact) mass is 592 g/mol. The number of benzene rings is 1. The van der Waals surface area contributed by atoms with Crippen LogP contribution in [0.25, 0.3) is 0 Å². The Bertz CT molecular complexity index is 1200. The summed E-state index contributed by atoms with van der Waals surface area (Å²) in [5.74, 6) is -3.54. The number of ketones is 1. The molecule has 0 aliphatic rings. The van der Waals surface area contributed by atoms with Crippen LogP contribution in [0.3, 0.4) is 0 Å². The second-order valence-electron chi connectivity index (χ2n) is 9.41. The summed E-state index contributed by atoms with van der Waals surface area (Å²) < 4.78 is 15.0. The molecule has 0 fully saturated rings. The first-order valence-electron chi connectivity index (χ1n) is 12.6. The number of aromatic nitrogens is 1. The molecule has 13 nitrogen and oxygen atoms in total. The van der Waals surface area contributed by atoms with E-state index in [-0.39, 0.29) is 19.6 Å². The number of carbonyl (C=O) groups excluding carboxylic acids is 5. The fourth-order valence-electron chi connectivity index (χ4n) is 3.69. The molecule has 1 aromatic heterocycles. The van der Waals surface area contributed by atoms with E-state index >= 15 is 0 Å². The van der Waals surface area contributed by atoms with Crippen molar-refractivity contribution < 1.29 is 43.3 Å². The molecule has 2 rings (SSSR count). The van der Waals surface area contributed by atoms with Crippen molar-refractivity contribution in [3.05, 3.63) is 52.0 Å². The number of aliphatic hydroxyl groups is 1. The van der Waals surface area contributed by atoms with Crippen molar-refractivity contribution >= 4 is 40.8 Å². The first-order chi connectivity index (χ1) is 19.4. The molecule has 1 aromatic carbocycles. The van der Waals surface area contributed by atoms with Crippen molar-refractivity contribution in [1.82, 2.24) is 20.9 Å². The quantitative estimate of drug-likeness (QED) is 0.193. The van der Waals surface area contributed by atoms with E-state index in [1.54, 1.807) is 37.3 Å². The highest BCUT2D eigenvalue weighted by Crippen LogP contribution is 2.14. The molecule has 0 unspecified atom stereocenters. The van der Waals surface area contributed by atoms with Crippen LogP contribution in [-0.2, 0) is 39.8 Å². The molecular formula is C27H36N4O9S. The lowest BCUT2D eigenvalue weighted by Gasteiger charge is -2.29. The molecule has 2 aromatic rings. The molecule has 224 valence electrons. The number of rotatable bonds is 16. The smallest absolute Gasteiger partial charge is 0.302 e. The lowest BCUT2D eigenvalue weighted by Crippen LogP contribution is -2.60. The molecule has 1 heterocycles. The molecule has 4 atom stereocenters. The van der Waals surface area contributed by atoms with Crippen LogP contribution in [0.2, 0.25) is 0 Å². The Morgan fingerprint density at radius 2 is 1.51 bits per heavy atom. The molecule has 4 N–H and O–H groups in total. The number of amides is 3. The summed E-state index contributed by atoms with van der Waals surface area (Å²) in [7, 11) is 2.67. The van der Waals surface area contributed by atoms with Gasteiger partial charge in [0.15, 0.2) is 11.4 Å². The highest BCUT2D eigenvalue weighted by atomic mass is 32.1. The fraction of sp³-hybridized carbons (Fsp3) is 0.481. The van der Waals surface area contributed by atoms with Gasteiger partial charge in [-0.15, -0.1) is 11.3 Å². The standard InChI is InChI=1S/C27H36N4O9S/c1-16-28-12-22(41-16)26(36)31-21(14-39-5)25(35)30-20(13-38-4)24(34)29-19(11-18-9-7-6-8-10-18)23(33)27(3,37)15-40-17(2)32/h6-10,12,19-21,37H,11,13-15H2,1-5H3,(H,29,34)(H,30,35)(H,31,36)/t19-,20-,21-,27+/m0/s1. The number of nitrogens with zero attached hydrogens (tertiary/aromatic N) is 1. The van der Waals surface area contributed by atoms with Crippen molar-refractivity contribution in [3.63, 3.8) is 0 Å². The third-order valence-corrected chi connectivity index (χ3v) is 6.68. The SMILES string of the molecule is COC[C@H](NC(=O)c1cnc(C)s1)C(=O)N[C@@H](COC)C(=O)N[C@@H](Cc1ccccc1)C(=O)[C@](C)(O)COC(C)=O. The third kappa shape index (κ3) is 10.6. The maximum Gasteiger partial charge on any atom is 0.302 e. The van der Waals surface area contributed by atoms with Crippen molar-refractivity contribution in [1.29, 1.82) is 0 Å². The van der Waals surface area contributed by atoms with Gasteiger partial charge in [-0.2, -0.15) is 0 Å². The topological polar surface area (TPSA) is 182 Å². The summed E-state index contributed by atoms with van der Waals surface area (Å²) >= 11 is 1.15. The number of Topliss-reactive ketones (excluding diaryl/α,β-unsaturated/α-hetero) is 1. The first kappa shape index (κ1) is 33.5. The van der Waals surface area contributed by atoms with Crippen LogP contribution in [0.15, 0.2) is 36.5 Å². The highest BCUT2D eigenvalue weighted by molar-refractivity contribution is 7.13. The van der Waals surface area contributed by atoms with Crippen molar-refractivity contribution in [2.24, 2.45) is 0 Å². The summed E-state index contributed by atoms with van der Waals surface area (Å²) in [6, 6.07) is 5.07. The van der Waals surface area contributed by atoms with Crippen LogP contribution in [0.5, 0.6) is 0 Å². The van der Waals surface area contributed by atoms with Gasteiger partial charge in [-0.05, 0) is 25.8 Å². The fourth-order valence-corrected chi connectivity index (χ4v) is 4.37. The Balaban J connectivity index is 2.22. The van der Waals surface area contributed by atoms with Crippen LogP contribution in [0.4, 0.5) is 0 Å². The average Bonchev–Trinajstić information content (AvgIpc) is 3.37. The zero-order chi connectivity index (χ0) is 30.6. The molecule has 0 bridgehead atoms. The number of aryl methyl sites for hydroxylation is 1. The zero-order valence-corrected chi connectivity index (χ0v) is 24.4. The zero-order valence-electron chi connectivity index (χ0n) is 23.6. The Labute approximate surface area is 242 Å². The van der Waals surface area contributed by atoms with Crippen LogP contribution in [0, 0.1) is 6.92 Å². The maximum absolute atomic E-state index is 13.3. The van der Waals surface area contributed by atoms with Gasteiger partial charge >= 0.3 is 5.97 Å². The molecule has 0 radical (unpaired) electrons. The van der Waals surface area contributed by atoms with Crippen LogP contribution >= 0.6 is 11.3 Å². The number of ether oxygens (including phenoxy) is 3. The van der Waals surface area contributed by atoms with Gasteiger partial charge in [-0.3, -0.25) is 24.0 Å². The number of thiazole rings is 1. The number of methoxy groups -OCH3 is 2.